The van der Waals surface area contributed by atoms with E-state index in [0.29, 0.717) is 17.9 Å². The lowest BCUT2D eigenvalue weighted by molar-refractivity contribution is 0.0754. The van der Waals surface area contributed by atoms with Crippen LogP contribution in [0, 0.1) is 0 Å². The largest absolute Gasteiger partial charge is 0.395 e. The second-order valence-corrected chi connectivity index (χ2v) is 5.30. The first-order valence-electron chi connectivity index (χ1n) is 7.50. The first-order valence-corrected chi connectivity index (χ1v) is 7.50. The van der Waals surface area contributed by atoms with Gasteiger partial charge in [0.1, 0.15) is 0 Å². The molecule has 0 atom stereocenters. The number of carbonyl (C=O) groups is 1. The van der Waals surface area contributed by atoms with Gasteiger partial charge in [-0.2, -0.15) is 5.10 Å². The molecule has 1 fully saturated rings. The summed E-state index contributed by atoms with van der Waals surface area (Å²) in [4.78, 5) is 16.7. The van der Waals surface area contributed by atoms with Crippen LogP contribution in [0.1, 0.15) is 29.5 Å². The highest BCUT2D eigenvalue weighted by atomic mass is 16.5. The highest BCUT2D eigenvalue weighted by Gasteiger charge is 2.24. The fourth-order valence-corrected chi connectivity index (χ4v) is 2.59. The Bertz CT molecular complexity index is 474. The number of nitrogens with zero attached hydrogens (tertiary/aromatic N) is 3. The van der Waals surface area contributed by atoms with Crippen molar-refractivity contribution in [3.63, 3.8) is 0 Å². The Morgan fingerprint density at radius 3 is 2.86 bits per heavy atom. The summed E-state index contributed by atoms with van der Waals surface area (Å²) in [6.07, 6.45) is 1.71. The average Bonchev–Trinajstić information content (AvgIpc) is 2.72. The van der Waals surface area contributed by atoms with Gasteiger partial charge in [0, 0.05) is 33.3 Å². The van der Waals surface area contributed by atoms with Crippen molar-refractivity contribution in [3.05, 3.63) is 11.4 Å². The lowest BCUT2D eigenvalue weighted by atomic mass is 10.2. The molecule has 1 aromatic rings. The summed E-state index contributed by atoms with van der Waals surface area (Å²) in [5, 5.41) is 6.93. The van der Waals surface area contributed by atoms with E-state index in [-0.39, 0.29) is 5.91 Å². The first kappa shape index (κ1) is 15.8. The molecule has 1 saturated heterocycles. The Hall–Kier alpha value is -1.60. The number of H-pyrrole nitrogens is 1. The number of nitrogen functional groups attached to an aromatic ring is 1. The number of nitrogens with two attached hydrogens (primary N) is 1. The minimum atomic E-state index is -0.0722. The van der Waals surface area contributed by atoms with Gasteiger partial charge in [-0.25, -0.2) is 0 Å². The van der Waals surface area contributed by atoms with Crippen LogP contribution in [0.25, 0.3) is 0 Å². The van der Waals surface area contributed by atoms with Gasteiger partial charge in [0.15, 0.2) is 5.69 Å². The lowest BCUT2D eigenvalue weighted by Crippen LogP contribution is -2.36. The number of anilines is 1. The normalized spacial score (nSPS) is 17.0. The van der Waals surface area contributed by atoms with Gasteiger partial charge in [-0.3, -0.25) is 14.8 Å². The maximum absolute atomic E-state index is 12.5. The van der Waals surface area contributed by atoms with E-state index in [0.717, 1.165) is 51.3 Å². The first-order chi connectivity index (χ1) is 10.2. The van der Waals surface area contributed by atoms with E-state index in [2.05, 4.69) is 15.1 Å². The molecule has 2 heterocycles. The summed E-state index contributed by atoms with van der Waals surface area (Å²) in [6, 6.07) is 0. The van der Waals surface area contributed by atoms with Gasteiger partial charge in [-0.15, -0.1) is 0 Å². The molecule has 0 bridgehead atoms. The fraction of sp³-hybridized carbons (Fsp3) is 0.714. The topological polar surface area (TPSA) is 87.5 Å². The van der Waals surface area contributed by atoms with Gasteiger partial charge in [-0.05, 0) is 19.4 Å². The number of aromatic amines is 1. The van der Waals surface area contributed by atoms with Crippen molar-refractivity contribution in [2.75, 3.05) is 52.2 Å². The van der Waals surface area contributed by atoms with Crippen molar-refractivity contribution in [3.8, 4) is 0 Å². The van der Waals surface area contributed by atoms with Gasteiger partial charge in [0.05, 0.1) is 18.0 Å². The van der Waals surface area contributed by atoms with Crippen molar-refractivity contribution in [2.24, 2.45) is 0 Å². The summed E-state index contributed by atoms with van der Waals surface area (Å²) in [7, 11) is 1.71. The molecule has 0 aliphatic carbocycles. The van der Waals surface area contributed by atoms with Crippen molar-refractivity contribution < 1.29 is 9.53 Å². The van der Waals surface area contributed by atoms with Crippen molar-refractivity contribution in [1.82, 2.24) is 20.0 Å². The predicted molar refractivity (Wildman–Crippen MR) is 81.2 cm³/mol. The number of aryl methyl sites for hydroxylation is 1. The minimum Gasteiger partial charge on any atom is -0.395 e. The number of hydrogen-bond donors (Lipinski definition) is 2. The Kier molecular flexibility index (Phi) is 5.58. The van der Waals surface area contributed by atoms with Crippen LogP contribution in [-0.2, 0) is 11.2 Å². The maximum atomic E-state index is 12.5. The molecule has 21 heavy (non-hydrogen) atoms. The smallest absolute Gasteiger partial charge is 0.276 e. The summed E-state index contributed by atoms with van der Waals surface area (Å²) in [6.45, 7) is 6.91. The third-order valence-corrected chi connectivity index (χ3v) is 3.93. The third-order valence-electron chi connectivity index (χ3n) is 3.93. The summed E-state index contributed by atoms with van der Waals surface area (Å²) < 4.78 is 5.11. The standard InChI is InChI=1S/C14H25N5O2/c1-3-11-12(15)13(17-16-11)14(20)19-6-4-5-18(7-8-19)9-10-21-2/h3-10,15H2,1-2H3,(H,16,17). The lowest BCUT2D eigenvalue weighted by Gasteiger charge is -2.21. The predicted octanol–water partition coefficient (Wildman–Crippen LogP) is 0.349. The van der Waals surface area contributed by atoms with Crippen LogP contribution >= 0.6 is 0 Å². The van der Waals surface area contributed by atoms with Crippen LogP contribution < -0.4 is 5.73 Å². The molecule has 7 heteroatoms. The van der Waals surface area contributed by atoms with E-state index >= 15 is 0 Å². The van der Waals surface area contributed by atoms with Gasteiger partial charge in [0.25, 0.3) is 5.91 Å². The number of methoxy groups -OCH3 is 1. The summed E-state index contributed by atoms with van der Waals surface area (Å²) in [5.41, 5.74) is 7.66. The van der Waals surface area contributed by atoms with Gasteiger partial charge in [0.2, 0.25) is 0 Å². The molecule has 0 unspecified atom stereocenters. The molecule has 1 aliphatic rings. The number of amides is 1. The Labute approximate surface area is 125 Å². The van der Waals surface area contributed by atoms with E-state index < -0.39 is 0 Å². The number of rotatable bonds is 5. The van der Waals surface area contributed by atoms with E-state index in [4.69, 9.17) is 10.5 Å². The molecular weight excluding hydrogens is 270 g/mol. The fourth-order valence-electron chi connectivity index (χ4n) is 2.59. The Morgan fingerprint density at radius 1 is 1.38 bits per heavy atom. The minimum absolute atomic E-state index is 0.0722. The molecule has 1 aromatic heterocycles. The molecule has 118 valence electrons. The number of carbonyl (C=O) groups excluding carboxylic acids is 1. The number of hydrogen-bond acceptors (Lipinski definition) is 5. The van der Waals surface area contributed by atoms with Crippen molar-refractivity contribution in [1.29, 1.82) is 0 Å². The maximum Gasteiger partial charge on any atom is 0.276 e. The SMILES string of the molecule is CCc1[nH]nc(C(=O)N2CCCN(CCOC)CC2)c1N. The van der Waals surface area contributed by atoms with Crippen LogP contribution in [-0.4, -0.2) is 72.3 Å². The van der Waals surface area contributed by atoms with Crippen molar-refractivity contribution >= 4 is 11.6 Å². The third kappa shape index (κ3) is 3.74. The molecule has 0 radical (unpaired) electrons. The zero-order valence-electron chi connectivity index (χ0n) is 12.9. The highest BCUT2D eigenvalue weighted by Crippen LogP contribution is 2.17. The monoisotopic (exact) mass is 295 g/mol. The molecule has 1 amide bonds. The van der Waals surface area contributed by atoms with Gasteiger partial charge < -0.3 is 15.4 Å². The number of nitrogens with one attached hydrogen (secondary N) is 1. The average molecular weight is 295 g/mol. The molecule has 0 aromatic carbocycles. The summed E-state index contributed by atoms with van der Waals surface area (Å²) in [5.74, 6) is -0.0722. The molecule has 1 aliphatic heterocycles. The van der Waals surface area contributed by atoms with E-state index in [1.54, 1.807) is 7.11 Å². The molecule has 2 rings (SSSR count). The van der Waals surface area contributed by atoms with Gasteiger partial charge >= 0.3 is 0 Å². The van der Waals surface area contributed by atoms with Crippen LogP contribution in [0.4, 0.5) is 5.69 Å². The Morgan fingerprint density at radius 2 is 2.19 bits per heavy atom. The van der Waals surface area contributed by atoms with Crippen LogP contribution in [0.5, 0.6) is 0 Å². The van der Waals surface area contributed by atoms with Crippen LogP contribution in [0.2, 0.25) is 0 Å². The highest BCUT2D eigenvalue weighted by molar-refractivity contribution is 5.97. The van der Waals surface area contributed by atoms with E-state index in [9.17, 15) is 4.79 Å². The molecule has 0 spiro atoms. The van der Waals surface area contributed by atoms with Crippen molar-refractivity contribution in [2.45, 2.75) is 19.8 Å². The van der Waals surface area contributed by atoms with E-state index in [1.807, 2.05) is 11.8 Å². The van der Waals surface area contributed by atoms with Crippen LogP contribution in [0.15, 0.2) is 0 Å². The molecule has 3 N–H and O–H groups in total. The molecule has 0 saturated carbocycles. The molecular formula is C14H25N5O2. The second kappa shape index (κ2) is 7.42. The summed E-state index contributed by atoms with van der Waals surface area (Å²) >= 11 is 0. The zero-order chi connectivity index (χ0) is 15.2. The number of ether oxygens (including phenoxy) is 1. The second-order valence-electron chi connectivity index (χ2n) is 5.30. The molecule has 7 nitrogen and oxygen atoms in total. The van der Waals surface area contributed by atoms with E-state index in [1.165, 1.54) is 0 Å². The van der Waals surface area contributed by atoms with Crippen LogP contribution in [0.3, 0.4) is 0 Å². The zero-order valence-corrected chi connectivity index (χ0v) is 12.9. The Balaban J connectivity index is 1.98. The number of aromatic nitrogens is 2. The van der Waals surface area contributed by atoms with Gasteiger partial charge in [-0.1, -0.05) is 6.92 Å². The quantitative estimate of drug-likeness (QED) is 0.818.